The molecule has 2 aliphatic heterocycles. The van der Waals surface area contributed by atoms with Crippen LogP contribution in [0.25, 0.3) is 0 Å². The predicted molar refractivity (Wildman–Crippen MR) is 39.9 cm³/mol. The Morgan fingerprint density at radius 1 is 1.43 bits per heavy atom. The van der Waals surface area contributed by atoms with Gasteiger partial charge in [-0.05, 0) is 13.0 Å². The molecular weight excluding hydrogens is 203 g/mol. The molecule has 0 saturated carbocycles. The van der Waals surface area contributed by atoms with E-state index in [9.17, 15) is 13.2 Å². The Kier molecular flexibility index (Phi) is 3.01. The minimum Gasteiger partial charge on any atom is -0.475 e. The molecule has 0 aliphatic carbocycles. The first-order valence-corrected chi connectivity index (χ1v) is 3.99. The van der Waals surface area contributed by atoms with E-state index in [1.54, 1.807) is 0 Å². The van der Waals surface area contributed by atoms with Gasteiger partial charge in [-0.15, -0.1) is 0 Å². The molecule has 0 aromatic rings. The molecule has 2 N–H and O–H groups in total. The Bertz CT molecular complexity index is 205. The van der Waals surface area contributed by atoms with Crippen LogP contribution in [-0.4, -0.2) is 42.5 Å². The molecule has 0 unspecified atom stereocenters. The van der Waals surface area contributed by atoms with Gasteiger partial charge in [0, 0.05) is 0 Å². The van der Waals surface area contributed by atoms with Gasteiger partial charge in [0.1, 0.15) is 0 Å². The number of carboxylic acid groups (broad SMARTS) is 1. The number of nitrogens with one attached hydrogen (secondary N) is 1. The van der Waals surface area contributed by atoms with Crippen LogP contribution >= 0.6 is 0 Å². The number of aliphatic carboxylic acids is 1. The Morgan fingerprint density at radius 2 is 1.86 bits per heavy atom. The van der Waals surface area contributed by atoms with E-state index in [0.29, 0.717) is 5.54 Å². The minimum atomic E-state index is -5.08. The number of ether oxygens (including phenoxy) is 1. The highest BCUT2D eigenvalue weighted by Crippen LogP contribution is 2.26. The van der Waals surface area contributed by atoms with Crippen molar-refractivity contribution in [3.63, 3.8) is 0 Å². The third-order valence-electron chi connectivity index (χ3n) is 2.10. The minimum absolute atomic E-state index is 0.472. The number of hydrogen-bond donors (Lipinski definition) is 2. The van der Waals surface area contributed by atoms with Crippen LogP contribution in [0.3, 0.4) is 0 Å². The fourth-order valence-electron chi connectivity index (χ4n) is 1.07. The van der Waals surface area contributed by atoms with Gasteiger partial charge in [0.15, 0.2) is 0 Å². The van der Waals surface area contributed by atoms with Crippen LogP contribution in [0.1, 0.15) is 6.42 Å². The lowest BCUT2D eigenvalue weighted by molar-refractivity contribution is -0.192. The predicted octanol–water partition coefficient (Wildman–Crippen LogP) is 0.382. The first-order valence-electron chi connectivity index (χ1n) is 3.99. The molecule has 2 heterocycles. The zero-order valence-corrected chi connectivity index (χ0v) is 7.23. The van der Waals surface area contributed by atoms with Gasteiger partial charge in [-0.25, -0.2) is 4.79 Å². The van der Waals surface area contributed by atoms with Gasteiger partial charge < -0.3 is 15.2 Å². The molecule has 2 aliphatic rings. The van der Waals surface area contributed by atoms with Crippen LogP contribution in [0.2, 0.25) is 0 Å². The highest BCUT2D eigenvalue weighted by Gasteiger charge is 2.43. The number of halogens is 3. The summed E-state index contributed by atoms with van der Waals surface area (Å²) in [6, 6.07) is 0. The van der Waals surface area contributed by atoms with Gasteiger partial charge in [0.2, 0.25) is 0 Å². The Morgan fingerprint density at radius 3 is 1.86 bits per heavy atom. The van der Waals surface area contributed by atoms with Crippen molar-refractivity contribution in [1.82, 2.24) is 5.32 Å². The third-order valence-corrected chi connectivity index (χ3v) is 2.10. The Labute approximate surface area is 78.0 Å². The van der Waals surface area contributed by atoms with E-state index < -0.39 is 12.1 Å². The summed E-state index contributed by atoms with van der Waals surface area (Å²) in [5, 5.41) is 10.5. The van der Waals surface area contributed by atoms with Crippen molar-refractivity contribution in [2.45, 2.75) is 18.1 Å². The van der Waals surface area contributed by atoms with E-state index in [0.717, 1.165) is 13.2 Å². The Hall–Kier alpha value is -0.820. The molecule has 1 spiro atoms. The lowest BCUT2D eigenvalue weighted by Gasteiger charge is -2.49. The zero-order chi connectivity index (χ0) is 10.8. The average Bonchev–Trinajstić information content (AvgIpc) is 1.77. The maximum Gasteiger partial charge on any atom is 0.490 e. The number of alkyl halides is 3. The molecule has 14 heavy (non-hydrogen) atoms. The van der Waals surface area contributed by atoms with Crippen molar-refractivity contribution in [1.29, 1.82) is 0 Å². The summed E-state index contributed by atoms with van der Waals surface area (Å²) in [4.78, 5) is 8.90. The zero-order valence-electron chi connectivity index (χ0n) is 7.23. The van der Waals surface area contributed by atoms with Gasteiger partial charge >= 0.3 is 12.1 Å². The van der Waals surface area contributed by atoms with E-state index >= 15 is 0 Å². The van der Waals surface area contributed by atoms with E-state index in [1.165, 1.54) is 13.0 Å². The van der Waals surface area contributed by atoms with Crippen molar-refractivity contribution in [3.05, 3.63) is 0 Å². The molecule has 2 fully saturated rings. The highest BCUT2D eigenvalue weighted by molar-refractivity contribution is 5.73. The van der Waals surface area contributed by atoms with Crippen molar-refractivity contribution >= 4 is 5.97 Å². The van der Waals surface area contributed by atoms with Gasteiger partial charge in [-0.2, -0.15) is 13.2 Å². The lowest BCUT2D eigenvalue weighted by atomic mass is 9.86. The topological polar surface area (TPSA) is 58.6 Å². The first-order chi connectivity index (χ1) is 6.36. The summed E-state index contributed by atoms with van der Waals surface area (Å²) in [6.45, 7) is 3.10. The van der Waals surface area contributed by atoms with E-state index in [-0.39, 0.29) is 0 Å². The molecule has 2 rings (SSSR count). The van der Waals surface area contributed by atoms with Crippen LogP contribution in [0, 0.1) is 0 Å². The molecule has 7 heteroatoms. The molecule has 0 aromatic carbocycles. The fraction of sp³-hybridized carbons (Fsp3) is 0.857. The second-order valence-electron chi connectivity index (χ2n) is 3.25. The maximum absolute atomic E-state index is 10.6. The first kappa shape index (κ1) is 11.3. The quantitative estimate of drug-likeness (QED) is 0.610. The summed E-state index contributed by atoms with van der Waals surface area (Å²) < 4.78 is 36.8. The lowest BCUT2D eigenvalue weighted by Crippen LogP contribution is -2.68. The number of hydrogen-bond acceptors (Lipinski definition) is 3. The van der Waals surface area contributed by atoms with Gasteiger partial charge in [0.05, 0.1) is 18.8 Å². The molecular formula is C7H10F3NO3. The van der Waals surface area contributed by atoms with Crippen molar-refractivity contribution < 1.29 is 27.8 Å². The largest absolute Gasteiger partial charge is 0.490 e. The number of rotatable bonds is 0. The number of carboxylic acids is 1. The summed E-state index contributed by atoms with van der Waals surface area (Å²) in [6.07, 6.45) is -3.76. The summed E-state index contributed by atoms with van der Waals surface area (Å²) in [5.74, 6) is -2.76. The van der Waals surface area contributed by atoms with Crippen LogP contribution in [0.5, 0.6) is 0 Å². The van der Waals surface area contributed by atoms with Crippen molar-refractivity contribution in [2.24, 2.45) is 0 Å². The smallest absolute Gasteiger partial charge is 0.475 e. The average molecular weight is 213 g/mol. The van der Waals surface area contributed by atoms with E-state index in [4.69, 9.17) is 14.6 Å². The fourth-order valence-corrected chi connectivity index (χ4v) is 1.07. The van der Waals surface area contributed by atoms with Crippen LogP contribution < -0.4 is 5.32 Å². The Balaban J connectivity index is 0.000000140. The van der Waals surface area contributed by atoms with Crippen LogP contribution in [0.4, 0.5) is 13.2 Å². The molecule has 0 atom stereocenters. The molecule has 0 bridgehead atoms. The van der Waals surface area contributed by atoms with Gasteiger partial charge in [-0.1, -0.05) is 0 Å². The van der Waals surface area contributed by atoms with Gasteiger partial charge in [-0.3, -0.25) is 0 Å². The monoisotopic (exact) mass is 213 g/mol. The molecule has 4 nitrogen and oxygen atoms in total. The summed E-state index contributed by atoms with van der Waals surface area (Å²) in [5.41, 5.74) is 0.472. The normalized spacial score (nSPS) is 22.8. The summed E-state index contributed by atoms with van der Waals surface area (Å²) in [7, 11) is 0. The molecule has 82 valence electrons. The molecule has 0 amide bonds. The second-order valence-corrected chi connectivity index (χ2v) is 3.25. The van der Waals surface area contributed by atoms with Gasteiger partial charge in [0.25, 0.3) is 0 Å². The maximum atomic E-state index is 10.6. The second kappa shape index (κ2) is 3.74. The standard InChI is InChI=1S/C5H9NO.C2HF3O2/c1-2-6-5(1)3-7-4-5;3-2(4,5)1(6)7/h6H,1-4H2;(H,6,7). The van der Waals surface area contributed by atoms with Crippen LogP contribution in [0.15, 0.2) is 0 Å². The van der Waals surface area contributed by atoms with E-state index in [1.807, 2.05) is 0 Å². The molecule has 0 radical (unpaired) electrons. The molecule has 0 aromatic heterocycles. The highest BCUT2D eigenvalue weighted by atomic mass is 19.4. The third kappa shape index (κ3) is 2.58. The van der Waals surface area contributed by atoms with Crippen LogP contribution in [-0.2, 0) is 9.53 Å². The summed E-state index contributed by atoms with van der Waals surface area (Å²) >= 11 is 0. The van der Waals surface area contributed by atoms with E-state index in [2.05, 4.69) is 5.32 Å². The number of carbonyl (C=O) groups is 1. The molecule has 2 saturated heterocycles. The van der Waals surface area contributed by atoms with Crippen molar-refractivity contribution in [2.75, 3.05) is 19.8 Å². The van der Waals surface area contributed by atoms with Crippen molar-refractivity contribution in [3.8, 4) is 0 Å². The SMILES string of the molecule is C1CC2(COC2)N1.O=C(O)C(F)(F)F.